The van der Waals surface area contributed by atoms with Crippen molar-refractivity contribution in [1.82, 2.24) is 0 Å². The van der Waals surface area contributed by atoms with Gasteiger partial charge in [0.2, 0.25) is 0 Å². The molecule has 0 bridgehead atoms. The van der Waals surface area contributed by atoms with E-state index in [1.807, 2.05) is 24.3 Å². The van der Waals surface area contributed by atoms with Crippen LogP contribution in [0.3, 0.4) is 0 Å². The highest BCUT2D eigenvalue weighted by atomic mass is 16.5. The van der Waals surface area contributed by atoms with E-state index in [0.717, 1.165) is 12.8 Å². The minimum atomic E-state index is -0.194. The van der Waals surface area contributed by atoms with E-state index in [-0.39, 0.29) is 5.97 Å². The number of benzene rings is 1. The van der Waals surface area contributed by atoms with Crippen LogP contribution < -0.4 is 0 Å². The lowest BCUT2D eigenvalue weighted by Gasteiger charge is -2.03. The molecule has 0 radical (unpaired) electrons. The Morgan fingerprint density at radius 2 is 1.95 bits per heavy atom. The Labute approximate surface area is 115 Å². The van der Waals surface area contributed by atoms with Crippen LogP contribution in [0.25, 0.3) is 0 Å². The lowest BCUT2D eigenvalue weighted by molar-refractivity contribution is -0.137. The average molecular weight is 258 g/mol. The van der Waals surface area contributed by atoms with Crippen LogP contribution in [0.15, 0.2) is 42.5 Å². The van der Waals surface area contributed by atoms with Crippen LogP contribution in [-0.4, -0.2) is 12.6 Å². The topological polar surface area (TPSA) is 26.3 Å². The molecule has 1 saturated carbocycles. The third-order valence-electron chi connectivity index (χ3n) is 3.60. The van der Waals surface area contributed by atoms with Crippen molar-refractivity contribution in [2.75, 3.05) is 6.61 Å². The second-order valence-electron chi connectivity index (χ2n) is 5.16. The molecule has 0 N–H and O–H groups in total. The average Bonchev–Trinajstić information content (AvgIpc) is 2.96. The van der Waals surface area contributed by atoms with Gasteiger partial charge in [-0.25, -0.2) is 4.79 Å². The lowest BCUT2D eigenvalue weighted by atomic mass is 10.1. The van der Waals surface area contributed by atoms with E-state index in [4.69, 9.17) is 4.74 Å². The van der Waals surface area contributed by atoms with Gasteiger partial charge in [0.1, 0.15) is 0 Å². The Morgan fingerprint density at radius 3 is 2.68 bits per heavy atom. The highest BCUT2D eigenvalue weighted by Crippen LogP contribution is 2.25. The third-order valence-corrected chi connectivity index (χ3v) is 3.60. The van der Waals surface area contributed by atoms with Gasteiger partial charge < -0.3 is 4.74 Å². The molecule has 0 saturated heterocycles. The predicted octanol–water partition coefficient (Wildman–Crippen LogP) is 3.91. The maximum absolute atomic E-state index is 11.5. The zero-order valence-corrected chi connectivity index (χ0v) is 11.4. The molecular formula is C17H22O2. The van der Waals surface area contributed by atoms with Crippen LogP contribution in [0.4, 0.5) is 0 Å². The van der Waals surface area contributed by atoms with Gasteiger partial charge in [-0.3, -0.25) is 0 Å². The largest absolute Gasteiger partial charge is 0.463 e. The van der Waals surface area contributed by atoms with Crippen LogP contribution >= 0.6 is 0 Å². The lowest BCUT2D eigenvalue weighted by Crippen LogP contribution is -2.04. The summed E-state index contributed by atoms with van der Waals surface area (Å²) in [7, 11) is 0. The Balaban J connectivity index is 1.58. The summed E-state index contributed by atoms with van der Waals surface area (Å²) in [5.74, 6) is 0.400. The monoisotopic (exact) mass is 258 g/mol. The summed E-state index contributed by atoms with van der Waals surface area (Å²) in [5.41, 5.74) is 1.29. The molecule has 1 aliphatic carbocycles. The van der Waals surface area contributed by atoms with Gasteiger partial charge in [-0.05, 0) is 37.2 Å². The third kappa shape index (κ3) is 5.29. The zero-order chi connectivity index (χ0) is 13.3. The highest BCUT2D eigenvalue weighted by Gasteiger charge is 2.11. The van der Waals surface area contributed by atoms with Gasteiger partial charge in [0.05, 0.1) is 6.61 Å². The van der Waals surface area contributed by atoms with Crippen molar-refractivity contribution in [3.8, 4) is 0 Å². The first-order chi connectivity index (χ1) is 9.34. The van der Waals surface area contributed by atoms with E-state index in [1.165, 1.54) is 31.2 Å². The van der Waals surface area contributed by atoms with E-state index < -0.39 is 0 Å². The Hall–Kier alpha value is -1.57. The summed E-state index contributed by atoms with van der Waals surface area (Å²) in [5, 5.41) is 0. The number of carbonyl (C=O) groups is 1. The van der Waals surface area contributed by atoms with Crippen LogP contribution in [0, 0.1) is 5.92 Å². The standard InChI is InChI=1S/C17H22O2/c18-17(13-12-16-9-4-5-10-16)19-14-6-11-15-7-2-1-3-8-15/h1-3,7-8,12-13,16H,4-6,9-11,14H2/b13-12+. The normalized spacial score (nSPS) is 16.0. The molecule has 1 fully saturated rings. The molecule has 2 nitrogen and oxygen atoms in total. The summed E-state index contributed by atoms with van der Waals surface area (Å²) in [4.78, 5) is 11.5. The molecule has 19 heavy (non-hydrogen) atoms. The first kappa shape index (κ1) is 13.9. The number of carbonyl (C=O) groups excluding carboxylic acids is 1. The molecule has 2 rings (SSSR count). The summed E-state index contributed by atoms with van der Waals surface area (Å²) in [6.07, 6.45) is 10.5. The molecule has 1 aromatic rings. The first-order valence-corrected chi connectivity index (χ1v) is 7.23. The van der Waals surface area contributed by atoms with Gasteiger partial charge in [-0.2, -0.15) is 0 Å². The number of hydrogen-bond donors (Lipinski definition) is 0. The summed E-state index contributed by atoms with van der Waals surface area (Å²) < 4.78 is 5.20. The van der Waals surface area contributed by atoms with E-state index in [0.29, 0.717) is 12.5 Å². The van der Waals surface area contributed by atoms with Crippen LogP contribution in [0.1, 0.15) is 37.7 Å². The van der Waals surface area contributed by atoms with Gasteiger partial charge >= 0.3 is 5.97 Å². The molecule has 0 atom stereocenters. The number of hydrogen-bond acceptors (Lipinski definition) is 2. The van der Waals surface area contributed by atoms with Crippen molar-refractivity contribution in [2.45, 2.75) is 38.5 Å². The van der Waals surface area contributed by atoms with Crippen LogP contribution in [0.5, 0.6) is 0 Å². The van der Waals surface area contributed by atoms with Gasteiger partial charge in [0.15, 0.2) is 0 Å². The zero-order valence-electron chi connectivity index (χ0n) is 11.4. The molecule has 0 aliphatic heterocycles. The van der Waals surface area contributed by atoms with E-state index in [9.17, 15) is 4.79 Å². The second kappa shape index (κ2) is 7.78. The number of esters is 1. The molecule has 0 aromatic heterocycles. The van der Waals surface area contributed by atoms with Crippen molar-refractivity contribution >= 4 is 5.97 Å². The van der Waals surface area contributed by atoms with Gasteiger partial charge in [-0.15, -0.1) is 0 Å². The van der Waals surface area contributed by atoms with Crippen molar-refractivity contribution in [1.29, 1.82) is 0 Å². The highest BCUT2D eigenvalue weighted by molar-refractivity contribution is 5.81. The van der Waals surface area contributed by atoms with E-state index in [1.54, 1.807) is 6.08 Å². The molecular weight excluding hydrogens is 236 g/mol. The van der Waals surface area contributed by atoms with E-state index >= 15 is 0 Å². The Bertz CT molecular complexity index is 403. The molecule has 0 unspecified atom stereocenters. The van der Waals surface area contributed by atoms with Crippen molar-refractivity contribution in [3.63, 3.8) is 0 Å². The maximum Gasteiger partial charge on any atom is 0.330 e. The van der Waals surface area contributed by atoms with Crippen molar-refractivity contribution in [2.24, 2.45) is 5.92 Å². The molecule has 0 spiro atoms. The van der Waals surface area contributed by atoms with Gasteiger partial charge in [0.25, 0.3) is 0 Å². The molecule has 0 amide bonds. The van der Waals surface area contributed by atoms with Crippen LogP contribution in [0.2, 0.25) is 0 Å². The molecule has 0 heterocycles. The Morgan fingerprint density at radius 1 is 1.21 bits per heavy atom. The number of ether oxygens (including phenoxy) is 1. The fourth-order valence-electron chi connectivity index (χ4n) is 2.51. The maximum atomic E-state index is 11.5. The predicted molar refractivity (Wildman–Crippen MR) is 76.8 cm³/mol. The second-order valence-corrected chi connectivity index (χ2v) is 5.16. The number of allylic oxidation sites excluding steroid dienone is 1. The number of rotatable bonds is 6. The fraction of sp³-hybridized carbons (Fsp3) is 0.471. The van der Waals surface area contributed by atoms with Crippen molar-refractivity contribution in [3.05, 3.63) is 48.0 Å². The number of aryl methyl sites for hydroxylation is 1. The smallest absolute Gasteiger partial charge is 0.330 e. The van der Waals surface area contributed by atoms with Gasteiger partial charge in [0, 0.05) is 6.08 Å². The summed E-state index contributed by atoms with van der Waals surface area (Å²) >= 11 is 0. The Kier molecular flexibility index (Phi) is 5.67. The SMILES string of the molecule is O=C(/C=C/C1CCCC1)OCCCc1ccccc1. The minimum absolute atomic E-state index is 0.194. The fourth-order valence-corrected chi connectivity index (χ4v) is 2.51. The quantitative estimate of drug-likeness (QED) is 0.439. The molecule has 102 valence electrons. The van der Waals surface area contributed by atoms with Gasteiger partial charge in [-0.1, -0.05) is 49.2 Å². The van der Waals surface area contributed by atoms with Crippen molar-refractivity contribution < 1.29 is 9.53 Å². The summed E-state index contributed by atoms with van der Waals surface area (Å²) in [6, 6.07) is 10.3. The molecule has 1 aliphatic rings. The molecule has 2 heteroatoms. The first-order valence-electron chi connectivity index (χ1n) is 7.23. The summed E-state index contributed by atoms with van der Waals surface area (Å²) in [6.45, 7) is 0.503. The molecule has 1 aromatic carbocycles. The van der Waals surface area contributed by atoms with Crippen LogP contribution in [-0.2, 0) is 16.0 Å². The minimum Gasteiger partial charge on any atom is -0.463 e. The van der Waals surface area contributed by atoms with E-state index in [2.05, 4.69) is 12.1 Å².